The number of carbonyl (C=O) groups is 2. The number of hydrogen-bond acceptors (Lipinski definition) is 5. The molecule has 0 bridgehead atoms. The van der Waals surface area contributed by atoms with Gasteiger partial charge in [-0.3, -0.25) is 9.59 Å². The lowest BCUT2D eigenvalue weighted by Gasteiger charge is -2.22. The predicted octanol–water partition coefficient (Wildman–Crippen LogP) is 4.13. The lowest BCUT2D eigenvalue weighted by Crippen LogP contribution is -2.32. The van der Waals surface area contributed by atoms with Gasteiger partial charge in [0, 0.05) is 36.2 Å². The molecule has 1 fully saturated rings. The molecule has 0 saturated carbocycles. The van der Waals surface area contributed by atoms with Crippen molar-refractivity contribution in [2.24, 2.45) is 10.9 Å². The standard InChI is InChI=1S/C21H21ClN2O3S/c22-18-6-7-19(17(10-18)13-26)23-14-28-20(16-4-2-1-3-5-16)21(27)24-9-8-15(11-24)12-25/h1-7,10,13-15,20,25H,8-9,11-12H2/t15-,20?/m0/s1. The van der Waals surface area contributed by atoms with Crippen LogP contribution < -0.4 is 0 Å². The third kappa shape index (κ3) is 5.01. The van der Waals surface area contributed by atoms with Crippen molar-refractivity contribution in [2.45, 2.75) is 11.7 Å². The Bertz CT molecular complexity index is 860. The number of aliphatic hydroxyl groups excluding tert-OH is 1. The minimum atomic E-state index is -0.436. The fourth-order valence-corrected chi connectivity index (χ4v) is 4.20. The highest BCUT2D eigenvalue weighted by molar-refractivity contribution is 8.12. The predicted molar refractivity (Wildman–Crippen MR) is 114 cm³/mol. The highest BCUT2D eigenvalue weighted by atomic mass is 35.5. The van der Waals surface area contributed by atoms with E-state index in [9.17, 15) is 14.7 Å². The van der Waals surface area contributed by atoms with Crippen LogP contribution in [0.25, 0.3) is 0 Å². The molecule has 1 unspecified atom stereocenters. The molecule has 146 valence electrons. The monoisotopic (exact) mass is 416 g/mol. The zero-order valence-corrected chi connectivity index (χ0v) is 16.8. The van der Waals surface area contributed by atoms with Crippen molar-refractivity contribution in [2.75, 3.05) is 19.7 Å². The van der Waals surface area contributed by atoms with E-state index in [-0.39, 0.29) is 18.4 Å². The fraction of sp³-hybridized carbons (Fsp3) is 0.286. The lowest BCUT2D eigenvalue weighted by atomic mass is 10.1. The molecular formula is C21H21ClN2O3S. The Morgan fingerprint density at radius 3 is 2.79 bits per heavy atom. The molecule has 2 atom stereocenters. The number of aldehydes is 1. The van der Waals surface area contributed by atoms with Gasteiger partial charge in [0.05, 0.1) is 11.2 Å². The molecule has 2 aromatic carbocycles. The molecule has 7 heteroatoms. The van der Waals surface area contributed by atoms with Gasteiger partial charge in [0.1, 0.15) is 5.25 Å². The van der Waals surface area contributed by atoms with Gasteiger partial charge in [-0.1, -0.05) is 53.7 Å². The van der Waals surface area contributed by atoms with Gasteiger partial charge >= 0.3 is 0 Å². The summed E-state index contributed by atoms with van der Waals surface area (Å²) in [5, 5.41) is 9.39. The molecule has 0 aliphatic carbocycles. The van der Waals surface area contributed by atoms with Crippen molar-refractivity contribution in [1.29, 1.82) is 0 Å². The van der Waals surface area contributed by atoms with Crippen LogP contribution in [0.2, 0.25) is 5.02 Å². The number of halogens is 1. The molecule has 1 aliphatic rings. The number of amides is 1. The van der Waals surface area contributed by atoms with E-state index in [0.717, 1.165) is 12.0 Å². The van der Waals surface area contributed by atoms with E-state index in [1.807, 2.05) is 30.3 Å². The Hall–Kier alpha value is -2.15. The minimum Gasteiger partial charge on any atom is -0.396 e. The number of carbonyl (C=O) groups excluding carboxylic acids is 2. The highest BCUT2D eigenvalue weighted by Crippen LogP contribution is 2.32. The third-order valence-corrected chi connectivity index (χ3v) is 5.90. The highest BCUT2D eigenvalue weighted by Gasteiger charge is 2.31. The van der Waals surface area contributed by atoms with Crippen LogP contribution in [0.3, 0.4) is 0 Å². The van der Waals surface area contributed by atoms with Gasteiger partial charge in [-0.05, 0) is 30.2 Å². The number of rotatable bonds is 7. The molecule has 3 rings (SSSR count). The van der Waals surface area contributed by atoms with E-state index in [2.05, 4.69) is 4.99 Å². The average Bonchev–Trinajstić information content (AvgIpc) is 3.21. The van der Waals surface area contributed by atoms with Gasteiger partial charge in [-0.15, -0.1) is 0 Å². The number of nitrogens with zero attached hydrogens (tertiary/aromatic N) is 2. The zero-order valence-electron chi connectivity index (χ0n) is 15.2. The zero-order chi connectivity index (χ0) is 19.9. The van der Waals surface area contributed by atoms with E-state index >= 15 is 0 Å². The Kier molecular flexibility index (Phi) is 7.25. The Morgan fingerprint density at radius 1 is 1.32 bits per heavy atom. The first-order chi connectivity index (χ1) is 13.6. The molecule has 1 heterocycles. The van der Waals surface area contributed by atoms with E-state index in [1.165, 1.54) is 11.8 Å². The summed E-state index contributed by atoms with van der Waals surface area (Å²) in [4.78, 5) is 30.5. The molecular weight excluding hydrogens is 396 g/mol. The minimum absolute atomic E-state index is 0.00492. The van der Waals surface area contributed by atoms with Crippen LogP contribution in [0.1, 0.15) is 27.6 Å². The molecule has 1 amide bonds. The third-order valence-electron chi connectivity index (χ3n) is 4.69. The van der Waals surface area contributed by atoms with Crippen LogP contribution in [0.5, 0.6) is 0 Å². The van der Waals surface area contributed by atoms with Gasteiger partial charge in [-0.25, -0.2) is 4.99 Å². The smallest absolute Gasteiger partial charge is 0.240 e. The number of benzene rings is 2. The van der Waals surface area contributed by atoms with E-state index < -0.39 is 5.25 Å². The van der Waals surface area contributed by atoms with Crippen LogP contribution in [0.4, 0.5) is 5.69 Å². The largest absolute Gasteiger partial charge is 0.396 e. The van der Waals surface area contributed by atoms with Crippen LogP contribution in [-0.2, 0) is 4.79 Å². The summed E-state index contributed by atoms with van der Waals surface area (Å²) >= 11 is 7.22. The molecule has 1 N–H and O–H groups in total. The molecule has 28 heavy (non-hydrogen) atoms. The van der Waals surface area contributed by atoms with Crippen LogP contribution in [0, 0.1) is 5.92 Å². The van der Waals surface area contributed by atoms with Gasteiger partial charge < -0.3 is 10.0 Å². The summed E-state index contributed by atoms with van der Waals surface area (Å²) in [6.07, 6.45) is 1.53. The summed E-state index contributed by atoms with van der Waals surface area (Å²) < 4.78 is 0. The van der Waals surface area contributed by atoms with Crippen LogP contribution in [0.15, 0.2) is 53.5 Å². The summed E-state index contributed by atoms with van der Waals surface area (Å²) in [5.41, 5.74) is 3.40. The van der Waals surface area contributed by atoms with Gasteiger partial charge in [0.2, 0.25) is 5.91 Å². The van der Waals surface area contributed by atoms with Crippen molar-refractivity contribution in [3.8, 4) is 0 Å². The van der Waals surface area contributed by atoms with Crippen LogP contribution >= 0.6 is 23.4 Å². The Morgan fingerprint density at radius 2 is 2.11 bits per heavy atom. The molecule has 2 aromatic rings. The second-order valence-electron chi connectivity index (χ2n) is 6.60. The van der Waals surface area contributed by atoms with Gasteiger partial charge in [0.15, 0.2) is 6.29 Å². The number of likely N-dealkylation sites (tertiary alicyclic amines) is 1. The number of aliphatic hydroxyl groups is 1. The summed E-state index contributed by atoms with van der Waals surface area (Å²) in [6, 6.07) is 14.5. The summed E-state index contributed by atoms with van der Waals surface area (Å²) in [5.74, 6) is 0.147. The fourth-order valence-electron chi connectivity index (χ4n) is 3.14. The number of aliphatic imine (C=N–C) groups is 1. The second kappa shape index (κ2) is 9.87. The van der Waals surface area contributed by atoms with Crippen LogP contribution in [-0.4, -0.2) is 47.4 Å². The van der Waals surface area contributed by atoms with Crippen molar-refractivity contribution >= 4 is 46.8 Å². The first-order valence-electron chi connectivity index (χ1n) is 8.99. The Balaban J connectivity index is 1.79. The van der Waals surface area contributed by atoms with E-state index in [1.54, 1.807) is 28.6 Å². The maximum absolute atomic E-state index is 13.1. The van der Waals surface area contributed by atoms with E-state index in [0.29, 0.717) is 35.6 Å². The van der Waals surface area contributed by atoms with Crippen molar-refractivity contribution < 1.29 is 14.7 Å². The first kappa shape index (κ1) is 20.6. The van der Waals surface area contributed by atoms with Crippen molar-refractivity contribution in [3.63, 3.8) is 0 Å². The molecule has 1 aliphatic heterocycles. The Labute approximate surface area is 173 Å². The van der Waals surface area contributed by atoms with Gasteiger partial charge in [-0.2, -0.15) is 0 Å². The van der Waals surface area contributed by atoms with Crippen molar-refractivity contribution in [3.05, 3.63) is 64.7 Å². The normalized spacial score (nSPS) is 17.8. The molecule has 0 radical (unpaired) electrons. The molecule has 0 aromatic heterocycles. The SMILES string of the molecule is O=Cc1cc(Cl)ccc1N=CSC(C(=O)N1CC[C@H](CO)C1)c1ccccc1. The number of thioether (sulfide) groups is 1. The topological polar surface area (TPSA) is 70.0 Å². The number of hydrogen-bond donors (Lipinski definition) is 1. The van der Waals surface area contributed by atoms with Crippen molar-refractivity contribution in [1.82, 2.24) is 4.90 Å². The second-order valence-corrected chi connectivity index (χ2v) is 7.99. The summed E-state index contributed by atoms with van der Waals surface area (Å²) in [6.45, 7) is 1.32. The maximum atomic E-state index is 13.1. The average molecular weight is 417 g/mol. The maximum Gasteiger partial charge on any atom is 0.240 e. The molecule has 0 spiro atoms. The molecule has 1 saturated heterocycles. The summed E-state index contributed by atoms with van der Waals surface area (Å²) in [7, 11) is 0. The van der Waals surface area contributed by atoms with Gasteiger partial charge in [0.25, 0.3) is 0 Å². The van der Waals surface area contributed by atoms with E-state index in [4.69, 9.17) is 11.6 Å². The quantitative estimate of drug-likeness (QED) is 0.418. The molecule has 5 nitrogen and oxygen atoms in total. The lowest BCUT2D eigenvalue weighted by molar-refractivity contribution is -0.129. The first-order valence-corrected chi connectivity index (χ1v) is 10.3.